The average Bonchev–Trinajstić information content (AvgIpc) is 2.20. The summed E-state index contributed by atoms with van der Waals surface area (Å²) in [6.45, 7) is 3.58. The van der Waals surface area contributed by atoms with E-state index < -0.39 is 0 Å². The van der Waals surface area contributed by atoms with Gasteiger partial charge in [-0.15, -0.1) is 0 Å². The second-order valence-corrected chi connectivity index (χ2v) is 3.65. The van der Waals surface area contributed by atoms with Crippen LogP contribution in [0.15, 0.2) is 12.1 Å². The number of nitrogens with zero attached hydrogens (tertiary/aromatic N) is 1. The highest BCUT2D eigenvalue weighted by Gasteiger charge is 2.11. The van der Waals surface area contributed by atoms with Crippen LogP contribution < -0.4 is 10.6 Å². The van der Waals surface area contributed by atoms with E-state index in [1.807, 2.05) is 0 Å². The zero-order valence-corrected chi connectivity index (χ0v) is 9.72. The number of aryl methyl sites for hydroxylation is 1. The van der Waals surface area contributed by atoms with Gasteiger partial charge in [0.2, 0.25) is 5.91 Å². The molecule has 5 heteroatoms. The molecule has 82 valence electrons. The van der Waals surface area contributed by atoms with Crippen molar-refractivity contribution in [2.75, 3.05) is 12.4 Å². The Balaban J connectivity index is 2.77. The molecule has 1 aromatic heterocycles. The summed E-state index contributed by atoms with van der Waals surface area (Å²) < 4.78 is 0. The Kier molecular flexibility index (Phi) is 4.05. The smallest absolute Gasteiger partial charge is 0.241 e. The Morgan fingerprint density at radius 3 is 2.73 bits per heavy atom. The zero-order valence-electron chi connectivity index (χ0n) is 8.97. The Labute approximate surface area is 94.0 Å². The lowest BCUT2D eigenvalue weighted by Crippen LogP contribution is -2.35. The lowest BCUT2D eigenvalue weighted by Gasteiger charge is -2.12. The topological polar surface area (TPSA) is 54.0 Å². The van der Waals surface area contributed by atoms with E-state index in [0.717, 1.165) is 0 Å². The van der Waals surface area contributed by atoms with Gasteiger partial charge in [-0.3, -0.25) is 4.79 Å². The third-order valence-electron chi connectivity index (χ3n) is 2.14. The van der Waals surface area contributed by atoms with Crippen LogP contribution in [0.3, 0.4) is 0 Å². The third-order valence-corrected chi connectivity index (χ3v) is 2.35. The summed E-state index contributed by atoms with van der Waals surface area (Å²) in [6, 6.07) is 3.15. The van der Waals surface area contributed by atoms with Crippen LogP contribution in [-0.4, -0.2) is 24.0 Å². The maximum atomic E-state index is 11.5. The molecule has 0 spiro atoms. The van der Waals surface area contributed by atoms with Gasteiger partial charge in [0.15, 0.2) is 0 Å². The fourth-order valence-electron chi connectivity index (χ4n) is 1.03. The van der Waals surface area contributed by atoms with Crippen LogP contribution in [0.1, 0.15) is 12.6 Å². The number of carbonyl (C=O) groups excluding carboxylic acids is 1. The first-order valence-corrected chi connectivity index (χ1v) is 5.03. The number of hydrogen-bond donors (Lipinski definition) is 2. The standard InChI is InChI=1S/C10H14ClN3O/c1-6-8(4-5-9(11)13-6)14-10(15)7(2)12-3/h4-5,7,12H,1-3H3,(H,14,15). The number of likely N-dealkylation sites (N-methyl/N-ethyl adjacent to an activating group) is 1. The second-order valence-electron chi connectivity index (χ2n) is 3.27. The molecular weight excluding hydrogens is 214 g/mol. The van der Waals surface area contributed by atoms with E-state index >= 15 is 0 Å². The lowest BCUT2D eigenvalue weighted by molar-refractivity contribution is -0.117. The molecule has 0 saturated heterocycles. The predicted molar refractivity (Wildman–Crippen MR) is 61.1 cm³/mol. The van der Waals surface area contributed by atoms with Crippen LogP contribution in [0.2, 0.25) is 5.15 Å². The van der Waals surface area contributed by atoms with Gasteiger partial charge in [0.05, 0.1) is 17.4 Å². The first-order valence-electron chi connectivity index (χ1n) is 4.66. The lowest BCUT2D eigenvalue weighted by atomic mass is 10.2. The quantitative estimate of drug-likeness (QED) is 0.772. The fourth-order valence-corrected chi connectivity index (χ4v) is 1.22. The van der Waals surface area contributed by atoms with Crippen LogP contribution >= 0.6 is 11.6 Å². The summed E-state index contributed by atoms with van der Waals surface area (Å²) in [6.07, 6.45) is 0. The van der Waals surface area contributed by atoms with Gasteiger partial charge in [0.25, 0.3) is 0 Å². The van der Waals surface area contributed by atoms with Gasteiger partial charge in [-0.2, -0.15) is 0 Å². The van der Waals surface area contributed by atoms with E-state index in [4.69, 9.17) is 11.6 Å². The third kappa shape index (κ3) is 3.18. The van der Waals surface area contributed by atoms with E-state index in [9.17, 15) is 4.79 Å². The Hall–Kier alpha value is -1.13. The van der Waals surface area contributed by atoms with Crippen molar-refractivity contribution in [2.45, 2.75) is 19.9 Å². The Morgan fingerprint density at radius 2 is 2.20 bits per heavy atom. The molecule has 0 saturated carbocycles. The molecule has 1 atom stereocenters. The van der Waals surface area contributed by atoms with Crippen molar-refractivity contribution >= 4 is 23.2 Å². The summed E-state index contributed by atoms with van der Waals surface area (Å²) in [5.74, 6) is -0.0928. The molecule has 15 heavy (non-hydrogen) atoms. The summed E-state index contributed by atoms with van der Waals surface area (Å²) in [5, 5.41) is 6.05. The fraction of sp³-hybridized carbons (Fsp3) is 0.400. The van der Waals surface area contributed by atoms with Crippen LogP contribution in [0.4, 0.5) is 5.69 Å². The van der Waals surface area contributed by atoms with Gasteiger partial charge in [-0.05, 0) is 33.0 Å². The van der Waals surface area contributed by atoms with Crippen LogP contribution in [0, 0.1) is 6.92 Å². The molecule has 1 unspecified atom stereocenters. The van der Waals surface area contributed by atoms with Crippen molar-refractivity contribution in [2.24, 2.45) is 0 Å². The maximum Gasteiger partial charge on any atom is 0.241 e. The van der Waals surface area contributed by atoms with E-state index in [2.05, 4.69) is 15.6 Å². The monoisotopic (exact) mass is 227 g/mol. The first kappa shape index (κ1) is 11.9. The number of nitrogens with one attached hydrogen (secondary N) is 2. The van der Waals surface area contributed by atoms with Gasteiger partial charge in [-0.1, -0.05) is 11.6 Å². The number of halogens is 1. The number of rotatable bonds is 3. The summed E-state index contributed by atoms with van der Waals surface area (Å²) >= 11 is 5.71. The number of anilines is 1. The largest absolute Gasteiger partial charge is 0.323 e. The van der Waals surface area contributed by atoms with Crippen molar-refractivity contribution < 1.29 is 4.79 Å². The van der Waals surface area contributed by atoms with E-state index in [1.54, 1.807) is 33.0 Å². The highest BCUT2D eigenvalue weighted by molar-refractivity contribution is 6.29. The highest BCUT2D eigenvalue weighted by Crippen LogP contribution is 2.15. The average molecular weight is 228 g/mol. The van der Waals surface area contributed by atoms with Gasteiger partial charge in [0, 0.05) is 0 Å². The van der Waals surface area contributed by atoms with Gasteiger partial charge < -0.3 is 10.6 Å². The van der Waals surface area contributed by atoms with Crippen LogP contribution in [-0.2, 0) is 4.79 Å². The minimum atomic E-state index is -0.236. The Bertz CT molecular complexity index is 368. The molecule has 0 aliphatic carbocycles. The molecule has 1 heterocycles. The number of amides is 1. The zero-order chi connectivity index (χ0) is 11.4. The molecule has 2 N–H and O–H groups in total. The van der Waals surface area contributed by atoms with Gasteiger partial charge in [0.1, 0.15) is 5.15 Å². The Morgan fingerprint density at radius 1 is 1.53 bits per heavy atom. The van der Waals surface area contributed by atoms with E-state index in [-0.39, 0.29) is 11.9 Å². The molecule has 0 radical (unpaired) electrons. The normalized spacial score (nSPS) is 12.3. The van der Waals surface area contributed by atoms with Crippen molar-refractivity contribution in [1.29, 1.82) is 0 Å². The minimum absolute atomic E-state index is 0.0928. The number of hydrogen-bond acceptors (Lipinski definition) is 3. The first-order chi connectivity index (χ1) is 7.04. The molecule has 1 amide bonds. The SMILES string of the molecule is CNC(C)C(=O)Nc1ccc(Cl)nc1C. The van der Waals surface area contributed by atoms with Crippen molar-refractivity contribution in [3.63, 3.8) is 0 Å². The van der Waals surface area contributed by atoms with Crippen LogP contribution in [0.25, 0.3) is 0 Å². The van der Waals surface area contributed by atoms with E-state index in [1.165, 1.54) is 0 Å². The molecule has 0 bridgehead atoms. The van der Waals surface area contributed by atoms with Crippen molar-refractivity contribution in [3.8, 4) is 0 Å². The van der Waals surface area contributed by atoms with E-state index in [0.29, 0.717) is 16.5 Å². The molecular formula is C10H14ClN3O. The van der Waals surface area contributed by atoms with Gasteiger partial charge in [-0.25, -0.2) is 4.98 Å². The van der Waals surface area contributed by atoms with Gasteiger partial charge >= 0.3 is 0 Å². The molecule has 0 aromatic carbocycles. The summed E-state index contributed by atoms with van der Waals surface area (Å²) in [7, 11) is 1.73. The van der Waals surface area contributed by atoms with Crippen molar-refractivity contribution in [1.82, 2.24) is 10.3 Å². The highest BCUT2D eigenvalue weighted by atomic mass is 35.5. The molecule has 1 aromatic rings. The number of pyridine rings is 1. The minimum Gasteiger partial charge on any atom is -0.323 e. The summed E-state index contributed by atoms with van der Waals surface area (Å²) in [4.78, 5) is 15.6. The molecule has 0 aliphatic rings. The second kappa shape index (κ2) is 5.09. The molecule has 0 fully saturated rings. The summed E-state index contributed by atoms with van der Waals surface area (Å²) in [5.41, 5.74) is 1.39. The predicted octanol–water partition coefficient (Wildman–Crippen LogP) is 1.59. The molecule has 4 nitrogen and oxygen atoms in total. The van der Waals surface area contributed by atoms with Crippen LogP contribution in [0.5, 0.6) is 0 Å². The molecule has 0 aliphatic heterocycles. The van der Waals surface area contributed by atoms with Crippen molar-refractivity contribution in [3.05, 3.63) is 23.0 Å². The molecule has 1 rings (SSSR count). The maximum absolute atomic E-state index is 11.5. The number of carbonyl (C=O) groups is 1. The number of aromatic nitrogens is 1.